The zero-order chi connectivity index (χ0) is 13.0. The molecule has 0 saturated heterocycles. The van der Waals surface area contributed by atoms with Gasteiger partial charge in [0.05, 0.1) is 0 Å². The van der Waals surface area contributed by atoms with Gasteiger partial charge in [0.15, 0.2) is 0 Å². The molecule has 0 heterocycles. The summed E-state index contributed by atoms with van der Waals surface area (Å²) >= 11 is 0. The highest BCUT2D eigenvalue weighted by atomic mass is 16.6. The molecule has 1 aromatic carbocycles. The molecule has 0 radical (unpaired) electrons. The van der Waals surface area contributed by atoms with Gasteiger partial charge in [0.1, 0.15) is 0 Å². The first-order valence-electron chi connectivity index (χ1n) is 4.54. The van der Waals surface area contributed by atoms with E-state index in [0.717, 1.165) is 0 Å². The molecule has 1 aromatic rings. The molecule has 0 aliphatic heterocycles. The molecule has 17 heavy (non-hydrogen) atoms. The van der Waals surface area contributed by atoms with E-state index in [0.29, 0.717) is 0 Å². The molecular weight excluding hydrogens is 230 g/mol. The monoisotopic (exact) mass is 239 g/mol. The first-order valence-corrected chi connectivity index (χ1v) is 4.54. The molecule has 0 aliphatic rings. The molecule has 8 nitrogen and oxygen atoms in total. The van der Waals surface area contributed by atoms with Crippen molar-refractivity contribution in [2.75, 3.05) is 0 Å². The molecule has 0 saturated carbocycles. The highest BCUT2D eigenvalue weighted by Crippen LogP contribution is 2.12. The summed E-state index contributed by atoms with van der Waals surface area (Å²) in [7, 11) is 0. The number of hydrogen-bond donors (Lipinski definition) is 1. The standard InChI is InChI=1S/C9H9N3O5/c10-9(13)8-2-6(4-11(14)15)1-7(3-8)5-12(16)17/h1-3H,4-5H2,(H2,10,13). The Morgan fingerprint density at radius 3 is 1.76 bits per heavy atom. The minimum absolute atomic E-state index is 0.0289. The van der Waals surface area contributed by atoms with Crippen LogP contribution in [0.15, 0.2) is 18.2 Å². The van der Waals surface area contributed by atoms with Gasteiger partial charge in [-0.05, 0) is 18.2 Å². The van der Waals surface area contributed by atoms with Crippen LogP contribution in [0.25, 0.3) is 0 Å². The lowest BCUT2D eigenvalue weighted by Crippen LogP contribution is -2.13. The fourth-order valence-corrected chi connectivity index (χ4v) is 1.39. The van der Waals surface area contributed by atoms with Crippen LogP contribution >= 0.6 is 0 Å². The Bertz CT molecular complexity index is 451. The Balaban J connectivity index is 3.13. The van der Waals surface area contributed by atoms with Crippen LogP contribution in [0.2, 0.25) is 0 Å². The van der Waals surface area contributed by atoms with E-state index >= 15 is 0 Å². The van der Waals surface area contributed by atoms with E-state index in [2.05, 4.69) is 0 Å². The predicted octanol–water partition coefficient (Wildman–Crippen LogP) is 0.339. The van der Waals surface area contributed by atoms with Crippen molar-refractivity contribution in [3.63, 3.8) is 0 Å². The van der Waals surface area contributed by atoms with E-state index in [4.69, 9.17) is 5.73 Å². The Hall–Kier alpha value is -2.51. The smallest absolute Gasteiger partial charge is 0.248 e. The van der Waals surface area contributed by atoms with Crippen LogP contribution < -0.4 is 5.73 Å². The van der Waals surface area contributed by atoms with Gasteiger partial charge in [0.25, 0.3) is 0 Å². The Morgan fingerprint density at radius 1 is 1.06 bits per heavy atom. The molecule has 2 N–H and O–H groups in total. The molecule has 90 valence electrons. The predicted molar refractivity (Wildman–Crippen MR) is 56.4 cm³/mol. The van der Waals surface area contributed by atoms with Crippen molar-refractivity contribution < 1.29 is 14.6 Å². The lowest BCUT2D eigenvalue weighted by molar-refractivity contribution is -0.498. The lowest BCUT2D eigenvalue weighted by atomic mass is 10.1. The van der Waals surface area contributed by atoms with E-state index in [-0.39, 0.29) is 16.7 Å². The van der Waals surface area contributed by atoms with Crippen molar-refractivity contribution in [2.45, 2.75) is 13.1 Å². The summed E-state index contributed by atoms with van der Waals surface area (Å²) in [6, 6.07) is 3.83. The molecule has 0 unspecified atom stereocenters. The fourth-order valence-electron chi connectivity index (χ4n) is 1.39. The third-order valence-electron chi connectivity index (χ3n) is 1.96. The minimum atomic E-state index is -0.778. The van der Waals surface area contributed by atoms with Crippen molar-refractivity contribution in [1.29, 1.82) is 0 Å². The topological polar surface area (TPSA) is 129 Å². The number of amides is 1. The molecule has 0 aliphatic carbocycles. The number of hydrogen-bond acceptors (Lipinski definition) is 5. The van der Waals surface area contributed by atoms with Crippen LogP contribution in [0.3, 0.4) is 0 Å². The number of nitrogens with two attached hydrogens (primary N) is 1. The van der Waals surface area contributed by atoms with Gasteiger partial charge in [-0.15, -0.1) is 0 Å². The van der Waals surface area contributed by atoms with Gasteiger partial charge in [-0.3, -0.25) is 25.0 Å². The summed E-state index contributed by atoms with van der Waals surface area (Å²) < 4.78 is 0. The molecule has 8 heteroatoms. The van der Waals surface area contributed by atoms with E-state index in [1.807, 2.05) is 0 Å². The molecule has 0 fully saturated rings. The van der Waals surface area contributed by atoms with Crippen molar-refractivity contribution in [3.8, 4) is 0 Å². The van der Waals surface area contributed by atoms with E-state index < -0.39 is 28.8 Å². The largest absolute Gasteiger partial charge is 0.366 e. The van der Waals surface area contributed by atoms with Gasteiger partial charge in [-0.25, -0.2) is 0 Å². The Morgan fingerprint density at radius 2 is 1.47 bits per heavy atom. The molecular formula is C9H9N3O5. The quantitative estimate of drug-likeness (QED) is 0.584. The van der Waals surface area contributed by atoms with E-state index in [9.17, 15) is 25.0 Å². The second-order valence-corrected chi connectivity index (χ2v) is 3.38. The Labute approximate surface area is 95.3 Å². The van der Waals surface area contributed by atoms with Gasteiger partial charge in [-0.2, -0.15) is 0 Å². The molecule has 0 spiro atoms. The van der Waals surface area contributed by atoms with E-state index in [1.54, 1.807) is 0 Å². The second kappa shape index (κ2) is 5.01. The van der Waals surface area contributed by atoms with Crippen molar-refractivity contribution in [1.82, 2.24) is 0 Å². The summed E-state index contributed by atoms with van der Waals surface area (Å²) in [5.41, 5.74) is 5.49. The third kappa shape index (κ3) is 3.86. The maximum absolute atomic E-state index is 11.0. The number of carbonyl (C=O) groups is 1. The van der Waals surface area contributed by atoms with Crippen LogP contribution in [0, 0.1) is 20.2 Å². The SMILES string of the molecule is NC(=O)c1cc(C[N+](=O)[O-])cc(C[N+](=O)[O-])c1. The van der Waals surface area contributed by atoms with Gasteiger partial charge in [0, 0.05) is 26.5 Å². The number of rotatable bonds is 5. The first kappa shape index (κ1) is 12.6. The number of carbonyl (C=O) groups excluding carboxylic acids is 1. The highest BCUT2D eigenvalue weighted by molar-refractivity contribution is 5.93. The van der Waals surface area contributed by atoms with Gasteiger partial charge < -0.3 is 5.73 Å². The van der Waals surface area contributed by atoms with Gasteiger partial charge in [0.2, 0.25) is 19.0 Å². The third-order valence-corrected chi connectivity index (χ3v) is 1.96. The fraction of sp³-hybridized carbons (Fsp3) is 0.222. The van der Waals surface area contributed by atoms with Crippen molar-refractivity contribution in [2.24, 2.45) is 5.73 Å². The average Bonchev–Trinajstić information content (AvgIpc) is 2.14. The second-order valence-electron chi connectivity index (χ2n) is 3.38. The molecule has 0 bridgehead atoms. The molecule has 0 atom stereocenters. The summed E-state index contributed by atoms with van der Waals surface area (Å²) in [6.07, 6.45) is 0. The minimum Gasteiger partial charge on any atom is -0.366 e. The van der Waals surface area contributed by atoms with Crippen LogP contribution in [-0.2, 0) is 13.1 Å². The summed E-state index contributed by atoms with van der Waals surface area (Å²) in [5.74, 6) is -0.778. The number of nitrogens with zero attached hydrogens (tertiary/aromatic N) is 2. The van der Waals surface area contributed by atoms with Crippen LogP contribution in [0.5, 0.6) is 0 Å². The molecule has 1 amide bonds. The van der Waals surface area contributed by atoms with Crippen molar-refractivity contribution in [3.05, 3.63) is 55.1 Å². The van der Waals surface area contributed by atoms with Crippen LogP contribution in [0.4, 0.5) is 0 Å². The van der Waals surface area contributed by atoms with Crippen LogP contribution in [-0.4, -0.2) is 15.8 Å². The Kier molecular flexibility index (Phi) is 3.70. The number of primary amides is 1. The average molecular weight is 239 g/mol. The maximum atomic E-state index is 11.0. The lowest BCUT2D eigenvalue weighted by Gasteiger charge is -2.02. The molecule has 1 rings (SSSR count). The zero-order valence-corrected chi connectivity index (χ0v) is 8.66. The number of nitro groups is 2. The summed E-state index contributed by atoms with van der Waals surface area (Å²) in [6.45, 7) is -1.02. The van der Waals surface area contributed by atoms with Crippen molar-refractivity contribution >= 4 is 5.91 Å². The summed E-state index contributed by atoms with van der Waals surface area (Å²) in [4.78, 5) is 30.5. The maximum Gasteiger partial charge on any atom is 0.248 e. The zero-order valence-electron chi connectivity index (χ0n) is 8.66. The van der Waals surface area contributed by atoms with Gasteiger partial charge >= 0.3 is 0 Å². The molecule has 0 aromatic heterocycles. The number of benzene rings is 1. The highest BCUT2D eigenvalue weighted by Gasteiger charge is 2.11. The van der Waals surface area contributed by atoms with Gasteiger partial charge in [-0.1, -0.05) is 0 Å². The summed E-state index contributed by atoms with van der Waals surface area (Å²) in [5, 5.41) is 20.7. The van der Waals surface area contributed by atoms with E-state index in [1.165, 1.54) is 18.2 Å². The first-order chi connectivity index (χ1) is 7.88. The normalized spacial score (nSPS) is 9.88. The van der Waals surface area contributed by atoms with Crippen LogP contribution in [0.1, 0.15) is 21.5 Å².